The topological polar surface area (TPSA) is 75.6 Å². The highest BCUT2D eigenvalue weighted by Crippen LogP contribution is 2.33. The number of carboxylic acid groups (broad SMARTS) is 1. The number of ether oxygens (including phenoxy) is 1. The fourth-order valence-electron chi connectivity index (χ4n) is 1.75. The number of hydrogen-bond acceptors (Lipinski definition) is 3. The Balaban J connectivity index is 2.08. The van der Waals surface area contributed by atoms with Gasteiger partial charge in [0.2, 0.25) is 0 Å². The maximum atomic E-state index is 12.0. The summed E-state index contributed by atoms with van der Waals surface area (Å²) in [6.07, 6.45) is 0. The molecule has 2 aromatic carbocycles. The number of aromatic carboxylic acids is 1. The van der Waals surface area contributed by atoms with Gasteiger partial charge in [0, 0.05) is 11.1 Å². The van der Waals surface area contributed by atoms with E-state index in [1.165, 1.54) is 30.3 Å². The number of amides is 1. The predicted octanol–water partition coefficient (Wildman–Crippen LogP) is 5.02. The van der Waals surface area contributed by atoms with Crippen LogP contribution >= 0.6 is 46.4 Å². The number of nitrogens with one attached hydrogen (secondary N) is 1. The Morgan fingerprint density at radius 2 is 1.67 bits per heavy atom. The quantitative estimate of drug-likeness (QED) is 0.681. The Bertz CT molecular complexity index is 810. The van der Waals surface area contributed by atoms with Crippen molar-refractivity contribution in [1.29, 1.82) is 0 Å². The van der Waals surface area contributed by atoms with Crippen molar-refractivity contribution in [3.8, 4) is 5.75 Å². The van der Waals surface area contributed by atoms with Crippen molar-refractivity contribution >= 4 is 64.0 Å². The lowest BCUT2D eigenvalue weighted by Gasteiger charge is -2.11. The molecule has 0 bridgehead atoms. The molecule has 9 heteroatoms. The Morgan fingerprint density at radius 3 is 2.33 bits per heavy atom. The number of carbonyl (C=O) groups excluding carboxylic acids is 1. The number of anilines is 1. The van der Waals surface area contributed by atoms with Gasteiger partial charge in [0.1, 0.15) is 5.75 Å². The van der Waals surface area contributed by atoms with E-state index < -0.39 is 18.5 Å². The molecular formula is C15H9Cl4NO4. The monoisotopic (exact) mass is 407 g/mol. The molecule has 0 atom stereocenters. The van der Waals surface area contributed by atoms with Gasteiger partial charge in [0.05, 0.1) is 26.3 Å². The summed E-state index contributed by atoms with van der Waals surface area (Å²) < 4.78 is 5.27. The summed E-state index contributed by atoms with van der Waals surface area (Å²) in [5.74, 6) is -1.62. The Morgan fingerprint density at radius 1 is 1.00 bits per heavy atom. The zero-order valence-electron chi connectivity index (χ0n) is 11.8. The lowest BCUT2D eigenvalue weighted by atomic mass is 10.2. The van der Waals surface area contributed by atoms with Crippen molar-refractivity contribution in [3.05, 3.63) is 56.0 Å². The van der Waals surface area contributed by atoms with Gasteiger partial charge in [-0.25, -0.2) is 4.79 Å². The van der Waals surface area contributed by atoms with Gasteiger partial charge in [-0.1, -0.05) is 46.4 Å². The Kier molecular flexibility index (Phi) is 6.18. The summed E-state index contributed by atoms with van der Waals surface area (Å²) in [6, 6.07) is 6.79. The van der Waals surface area contributed by atoms with Crippen molar-refractivity contribution in [2.45, 2.75) is 0 Å². The van der Waals surface area contributed by atoms with Gasteiger partial charge >= 0.3 is 5.97 Å². The highest BCUT2D eigenvalue weighted by molar-refractivity contribution is 6.43. The second-order valence-electron chi connectivity index (χ2n) is 4.53. The highest BCUT2D eigenvalue weighted by Gasteiger charge is 2.14. The zero-order valence-corrected chi connectivity index (χ0v) is 14.8. The first-order valence-electron chi connectivity index (χ1n) is 6.38. The number of carbonyl (C=O) groups is 2. The zero-order chi connectivity index (χ0) is 17.9. The average Bonchev–Trinajstić information content (AvgIpc) is 2.49. The van der Waals surface area contributed by atoms with E-state index in [1.807, 2.05) is 0 Å². The van der Waals surface area contributed by atoms with Crippen LogP contribution in [-0.4, -0.2) is 23.6 Å². The molecule has 2 N–H and O–H groups in total. The molecule has 0 saturated carbocycles. The van der Waals surface area contributed by atoms with E-state index in [0.717, 1.165) is 0 Å². The van der Waals surface area contributed by atoms with Gasteiger partial charge in [0.25, 0.3) is 5.91 Å². The van der Waals surface area contributed by atoms with Crippen LogP contribution in [0.15, 0.2) is 30.3 Å². The molecule has 2 rings (SSSR count). The average molecular weight is 409 g/mol. The van der Waals surface area contributed by atoms with Gasteiger partial charge in [0.15, 0.2) is 6.61 Å². The molecule has 0 radical (unpaired) electrons. The highest BCUT2D eigenvalue weighted by atomic mass is 35.5. The van der Waals surface area contributed by atoms with Crippen LogP contribution in [0, 0.1) is 0 Å². The molecule has 0 spiro atoms. The SMILES string of the molecule is O=C(COc1cc(Cl)c(Cl)cc1Cl)Nc1cc(Cl)ccc1C(=O)O. The van der Waals surface area contributed by atoms with Crippen LogP contribution < -0.4 is 10.1 Å². The maximum Gasteiger partial charge on any atom is 0.337 e. The number of halogens is 4. The normalized spacial score (nSPS) is 10.3. The van der Waals surface area contributed by atoms with Gasteiger partial charge in [-0.05, 0) is 24.3 Å². The summed E-state index contributed by atoms with van der Waals surface area (Å²) in [5, 5.41) is 12.5. The van der Waals surface area contributed by atoms with Crippen LogP contribution in [0.3, 0.4) is 0 Å². The van der Waals surface area contributed by atoms with Gasteiger partial charge < -0.3 is 15.2 Å². The molecule has 0 aliphatic heterocycles. The number of rotatable bonds is 5. The fourth-order valence-corrected chi connectivity index (χ4v) is 2.51. The van der Waals surface area contributed by atoms with Gasteiger partial charge in [-0.15, -0.1) is 0 Å². The van der Waals surface area contributed by atoms with E-state index in [1.54, 1.807) is 0 Å². The largest absolute Gasteiger partial charge is 0.482 e. The van der Waals surface area contributed by atoms with Crippen molar-refractivity contribution < 1.29 is 19.4 Å². The molecule has 1 amide bonds. The molecule has 126 valence electrons. The Hall–Kier alpha value is -1.66. The molecule has 24 heavy (non-hydrogen) atoms. The van der Waals surface area contributed by atoms with E-state index in [9.17, 15) is 9.59 Å². The summed E-state index contributed by atoms with van der Waals surface area (Å²) in [4.78, 5) is 23.1. The number of carboxylic acids is 1. The lowest BCUT2D eigenvalue weighted by molar-refractivity contribution is -0.118. The minimum atomic E-state index is -1.20. The van der Waals surface area contributed by atoms with E-state index in [4.69, 9.17) is 56.2 Å². The van der Waals surface area contributed by atoms with Crippen LogP contribution in [-0.2, 0) is 4.79 Å². The standard InChI is InChI=1S/C15H9Cl4NO4/c16-7-1-2-8(15(22)23)12(3-7)20-14(21)6-24-13-5-10(18)9(17)4-11(13)19/h1-5H,6H2,(H,20,21)(H,22,23). The molecular weight excluding hydrogens is 400 g/mol. The summed E-state index contributed by atoms with van der Waals surface area (Å²) in [7, 11) is 0. The molecule has 0 saturated heterocycles. The minimum Gasteiger partial charge on any atom is -0.482 e. The van der Waals surface area contributed by atoms with Crippen LogP contribution in [0.25, 0.3) is 0 Å². The van der Waals surface area contributed by atoms with Gasteiger partial charge in [-0.2, -0.15) is 0 Å². The molecule has 0 aliphatic rings. The van der Waals surface area contributed by atoms with Crippen LogP contribution in [0.2, 0.25) is 20.1 Å². The summed E-state index contributed by atoms with van der Waals surface area (Å²) in [6.45, 7) is -0.413. The van der Waals surface area contributed by atoms with Crippen molar-refractivity contribution in [3.63, 3.8) is 0 Å². The minimum absolute atomic E-state index is 0.0591. The molecule has 5 nitrogen and oxygen atoms in total. The third kappa shape index (κ3) is 4.68. The first-order chi connectivity index (χ1) is 11.3. The second-order valence-corrected chi connectivity index (χ2v) is 6.19. The maximum absolute atomic E-state index is 12.0. The van der Waals surface area contributed by atoms with E-state index in [0.29, 0.717) is 0 Å². The molecule has 0 unspecified atom stereocenters. The van der Waals surface area contributed by atoms with Crippen molar-refractivity contribution in [1.82, 2.24) is 0 Å². The summed E-state index contributed by atoms with van der Waals surface area (Å²) >= 11 is 23.4. The predicted molar refractivity (Wildman–Crippen MR) is 94.0 cm³/mol. The molecule has 0 heterocycles. The second kappa shape index (κ2) is 7.94. The smallest absolute Gasteiger partial charge is 0.337 e. The Labute approximate surface area is 157 Å². The molecule has 0 aliphatic carbocycles. The van der Waals surface area contributed by atoms with Crippen LogP contribution in [0.5, 0.6) is 5.75 Å². The fraction of sp³-hybridized carbons (Fsp3) is 0.0667. The van der Waals surface area contributed by atoms with E-state index in [2.05, 4.69) is 5.32 Å². The third-order valence-electron chi connectivity index (χ3n) is 2.82. The van der Waals surface area contributed by atoms with E-state index >= 15 is 0 Å². The molecule has 0 aromatic heterocycles. The lowest BCUT2D eigenvalue weighted by Crippen LogP contribution is -2.21. The van der Waals surface area contributed by atoms with Crippen molar-refractivity contribution in [2.75, 3.05) is 11.9 Å². The first-order valence-corrected chi connectivity index (χ1v) is 7.89. The first kappa shape index (κ1) is 18.7. The summed E-state index contributed by atoms with van der Waals surface area (Å²) in [5.41, 5.74) is -0.0378. The van der Waals surface area contributed by atoms with Crippen LogP contribution in [0.4, 0.5) is 5.69 Å². The molecule has 2 aromatic rings. The van der Waals surface area contributed by atoms with Gasteiger partial charge in [-0.3, -0.25) is 4.79 Å². The third-order valence-corrected chi connectivity index (χ3v) is 4.07. The van der Waals surface area contributed by atoms with E-state index in [-0.39, 0.29) is 37.1 Å². The number of hydrogen-bond donors (Lipinski definition) is 2. The molecule has 0 fully saturated rings. The van der Waals surface area contributed by atoms with Crippen LogP contribution in [0.1, 0.15) is 10.4 Å². The number of benzene rings is 2. The van der Waals surface area contributed by atoms with Crippen molar-refractivity contribution in [2.24, 2.45) is 0 Å².